The van der Waals surface area contributed by atoms with E-state index in [-0.39, 0.29) is 5.88 Å². The zero-order valence-electron chi connectivity index (χ0n) is 25.3. The smallest absolute Gasteiger partial charge is 0.238 e. The third kappa shape index (κ3) is 6.40. The van der Waals surface area contributed by atoms with E-state index in [1.165, 1.54) is 5.39 Å². The Morgan fingerprint density at radius 3 is 2.24 bits per heavy atom. The van der Waals surface area contributed by atoms with Crippen molar-refractivity contribution < 1.29 is 13.9 Å². The number of furan rings is 1. The summed E-state index contributed by atoms with van der Waals surface area (Å²) in [4.78, 5) is 4.68. The summed E-state index contributed by atoms with van der Waals surface area (Å²) in [7, 11) is 0. The normalized spacial score (nSPS) is 11.2. The summed E-state index contributed by atoms with van der Waals surface area (Å²) < 4.78 is 19.4. The predicted octanol–water partition coefficient (Wildman–Crippen LogP) is 10.7. The zero-order chi connectivity index (χ0) is 31.3. The minimum Gasteiger partial charge on any atom is -0.490 e. The average molecular weight is 656 g/mol. The molecule has 0 unspecified atom stereocenters. The molecule has 0 bridgehead atoms. The molecule has 0 fully saturated rings. The van der Waals surface area contributed by atoms with Gasteiger partial charge >= 0.3 is 0 Å². The molecule has 6 heteroatoms. The standard InChI is InChI=1S/C39H31BrN2O3/c1-4-43-35-21-27(20-34(40)38(35)44-24-31-10-7-9-28-8-5-6-11-32(28)31)23-42-39-33(22-41)36(29-16-12-25(2)13-17-29)37(45-39)30-18-14-26(3)15-19-30/h5-21,23H,4,24H2,1-3H3. The SMILES string of the molecule is CCOc1cc(C=Nc2oc(-c3ccc(C)cc3)c(-c3ccc(C)cc3)c2C#N)cc(Br)c1OCc1cccc2ccccc12. The van der Waals surface area contributed by atoms with Crippen molar-refractivity contribution >= 4 is 38.8 Å². The van der Waals surface area contributed by atoms with Crippen molar-refractivity contribution in [3.05, 3.63) is 135 Å². The number of nitrogens with zero attached hydrogens (tertiary/aromatic N) is 2. The van der Waals surface area contributed by atoms with Crippen LogP contribution in [0.25, 0.3) is 33.2 Å². The van der Waals surface area contributed by atoms with Gasteiger partial charge in [0.2, 0.25) is 5.88 Å². The minimum atomic E-state index is 0.244. The lowest BCUT2D eigenvalue weighted by Gasteiger charge is -2.15. The number of ether oxygens (including phenoxy) is 2. The molecule has 0 N–H and O–H groups in total. The molecule has 1 heterocycles. The molecule has 5 nitrogen and oxygen atoms in total. The first-order chi connectivity index (χ1) is 21.9. The maximum atomic E-state index is 10.3. The maximum absolute atomic E-state index is 10.3. The summed E-state index contributed by atoms with van der Waals surface area (Å²) in [6.07, 6.45) is 1.68. The number of benzene rings is 5. The van der Waals surface area contributed by atoms with Crippen LogP contribution in [0.5, 0.6) is 11.5 Å². The van der Waals surface area contributed by atoms with Gasteiger partial charge in [-0.1, -0.05) is 102 Å². The van der Waals surface area contributed by atoms with Crippen LogP contribution in [0.3, 0.4) is 0 Å². The molecule has 0 spiro atoms. The summed E-state index contributed by atoms with van der Waals surface area (Å²) in [5.74, 6) is 2.06. The summed E-state index contributed by atoms with van der Waals surface area (Å²) in [5.41, 5.74) is 7.00. The lowest BCUT2D eigenvalue weighted by atomic mass is 9.97. The number of aryl methyl sites for hydroxylation is 2. The molecule has 0 atom stereocenters. The number of fused-ring (bicyclic) bond motifs is 1. The van der Waals surface area contributed by atoms with Crippen LogP contribution in [-0.4, -0.2) is 12.8 Å². The molecule has 45 heavy (non-hydrogen) atoms. The van der Waals surface area contributed by atoms with Crippen LogP contribution in [0.2, 0.25) is 0 Å². The number of aliphatic imine (C=N–C) groups is 1. The Labute approximate surface area is 271 Å². The fourth-order valence-electron chi connectivity index (χ4n) is 5.28. The van der Waals surface area contributed by atoms with Crippen LogP contribution >= 0.6 is 15.9 Å². The van der Waals surface area contributed by atoms with E-state index in [2.05, 4.69) is 51.3 Å². The van der Waals surface area contributed by atoms with Gasteiger partial charge in [0.1, 0.15) is 24.0 Å². The third-order valence-electron chi connectivity index (χ3n) is 7.57. The molecule has 5 aromatic carbocycles. The Kier molecular flexibility index (Phi) is 8.81. The number of halogens is 1. The highest BCUT2D eigenvalue weighted by Gasteiger charge is 2.23. The first-order valence-electron chi connectivity index (χ1n) is 14.8. The number of nitriles is 1. The number of rotatable bonds is 9. The van der Waals surface area contributed by atoms with Gasteiger partial charge in [-0.2, -0.15) is 5.26 Å². The molecule has 0 aliphatic heterocycles. The van der Waals surface area contributed by atoms with E-state index < -0.39 is 0 Å². The molecule has 0 radical (unpaired) electrons. The largest absolute Gasteiger partial charge is 0.490 e. The highest BCUT2D eigenvalue weighted by molar-refractivity contribution is 9.10. The molecular weight excluding hydrogens is 624 g/mol. The summed E-state index contributed by atoms with van der Waals surface area (Å²) in [6, 6.07) is 36.8. The van der Waals surface area contributed by atoms with E-state index in [1.807, 2.05) is 99.6 Å². The first-order valence-corrected chi connectivity index (χ1v) is 15.5. The topological polar surface area (TPSA) is 67.8 Å². The maximum Gasteiger partial charge on any atom is 0.238 e. The van der Waals surface area contributed by atoms with Crippen LogP contribution < -0.4 is 9.47 Å². The van der Waals surface area contributed by atoms with Crippen LogP contribution in [0.4, 0.5) is 5.88 Å². The Bertz CT molecular complexity index is 2050. The van der Waals surface area contributed by atoms with Gasteiger partial charge in [0.15, 0.2) is 11.5 Å². The molecule has 6 rings (SSSR count). The highest BCUT2D eigenvalue weighted by Crippen LogP contribution is 2.43. The Morgan fingerprint density at radius 1 is 0.844 bits per heavy atom. The zero-order valence-corrected chi connectivity index (χ0v) is 26.9. The van der Waals surface area contributed by atoms with Crippen LogP contribution in [0.1, 0.15) is 34.7 Å². The van der Waals surface area contributed by atoms with Gasteiger partial charge in [0.25, 0.3) is 0 Å². The van der Waals surface area contributed by atoms with Gasteiger partial charge in [0.05, 0.1) is 11.1 Å². The predicted molar refractivity (Wildman–Crippen MR) is 185 cm³/mol. The Balaban J connectivity index is 1.35. The Hall–Kier alpha value is -5.12. The van der Waals surface area contributed by atoms with Crippen molar-refractivity contribution in [2.75, 3.05) is 6.61 Å². The van der Waals surface area contributed by atoms with E-state index in [0.717, 1.165) is 48.8 Å². The minimum absolute atomic E-state index is 0.244. The Morgan fingerprint density at radius 2 is 1.53 bits per heavy atom. The van der Waals surface area contributed by atoms with Crippen molar-refractivity contribution in [1.29, 1.82) is 5.26 Å². The fourth-order valence-corrected chi connectivity index (χ4v) is 5.86. The van der Waals surface area contributed by atoms with Crippen LogP contribution in [0, 0.1) is 25.2 Å². The molecule has 0 amide bonds. The van der Waals surface area contributed by atoms with Gasteiger partial charge in [-0.3, -0.25) is 0 Å². The molecule has 1 aromatic heterocycles. The number of hydrogen-bond donors (Lipinski definition) is 0. The molecule has 0 aliphatic rings. The average Bonchev–Trinajstić information content (AvgIpc) is 3.42. The molecular formula is C39H31BrN2O3. The van der Waals surface area contributed by atoms with Gasteiger partial charge in [-0.15, -0.1) is 0 Å². The van der Waals surface area contributed by atoms with Crippen molar-refractivity contribution in [3.63, 3.8) is 0 Å². The van der Waals surface area contributed by atoms with E-state index in [1.54, 1.807) is 6.21 Å². The monoisotopic (exact) mass is 654 g/mol. The summed E-state index contributed by atoms with van der Waals surface area (Å²) in [6.45, 7) is 6.86. The molecule has 0 saturated heterocycles. The lowest BCUT2D eigenvalue weighted by Crippen LogP contribution is -2.02. The lowest BCUT2D eigenvalue weighted by molar-refractivity contribution is 0.268. The molecule has 0 saturated carbocycles. The van der Waals surface area contributed by atoms with Gasteiger partial charge in [-0.05, 0) is 76.3 Å². The van der Waals surface area contributed by atoms with Gasteiger partial charge in [0, 0.05) is 17.3 Å². The molecule has 6 aromatic rings. The van der Waals surface area contributed by atoms with E-state index >= 15 is 0 Å². The molecule has 222 valence electrons. The second-order valence-electron chi connectivity index (χ2n) is 10.8. The van der Waals surface area contributed by atoms with Gasteiger partial charge in [-0.25, -0.2) is 4.99 Å². The van der Waals surface area contributed by atoms with Crippen LogP contribution in [0.15, 0.2) is 117 Å². The van der Waals surface area contributed by atoms with Crippen molar-refractivity contribution in [1.82, 2.24) is 0 Å². The van der Waals surface area contributed by atoms with E-state index in [9.17, 15) is 5.26 Å². The summed E-state index contributed by atoms with van der Waals surface area (Å²) >= 11 is 3.69. The van der Waals surface area contributed by atoms with Crippen LogP contribution in [-0.2, 0) is 6.61 Å². The summed E-state index contributed by atoms with van der Waals surface area (Å²) in [5, 5.41) is 12.6. The second kappa shape index (κ2) is 13.3. The first kappa shape index (κ1) is 29.9. The highest BCUT2D eigenvalue weighted by atomic mass is 79.9. The fraction of sp³-hybridized carbons (Fsp3) is 0.128. The van der Waals surface area contributed by atoms with E-state index in [0.29, 0.717) is 36.0 Å². The van der Waals surface area contributed by atoms with Crippen molar-refractivity contribution in [3.8, 4) is 40.0 Å². The van der Waals surface area contributed by atoms with Gasteiger partial charge < -0.3 is 13.9 Å². The third-order valence-corrected chi connectivity index (χ3v) is 8.16. The van der Waals surface area contributed by atoms with E-state index in [4.69, 9.17) is 13.9 Å². The molecule has 0 aliphatic carbocycles. The quantitative estimate of drug-likeness (QED) is 0.145. The number of hydrogen-bond acceptors (Lipinski definition) is 5. The van der Waals surface area contributed by atoms with Crippen molar-refractivity contribution in [2.45, 2.75) is 27.4 Å². The second-order valence-corrected chi connectivity index (χ2v) is 11.6. The van der Waals surface area contributed by atoms with Crippen molar-refractivity contribution in [2.24, 2.45) is 4.99 Å².